The zero-order chi connectivity index (χ0) is 36.6. The molecule has 0 aliphatic rings. The summed E-state index contributed by atoms with van der Waals surface area (Å²) in [4.78, 5) is 2.34. The second kappa shape index (κ2) is 13.7. The summed E-state index contributed by atoms with van der Waals surface area (Å²) in [5, 5.41) is 2.29. The van der Waals surface area contributed by atoms with Gasteiger partial charge in [0.1, 0.15) is 11.2 Å². The highest BCUT2D eigenvalue weighted by Crippen LogP contribution is 2.42. The van der Waals surface area contributed by atoms with E-state index in [0.717, 1.165) is 50.1 Å². The van der Waals surface area contributed by atoms with Crippen LogP contribution >= 0.6 is 0 Å². The predicted molar refractivity (Wildman–Crippen MR) is 229 cm³/mol. The normalized spacial score (nSPS) is 11.6. The maximum absolute atomic E-state index is 6.22. The van der Waals surface area contributed by atoms with Crippen LogP contribution < -0.4 is 4.90 Å². The highest BCUT2D eigenvalue weighted by atomic mass is 16.3. The van der Waals surface area contributed by atoms with Crippen molar-refractivity contribution in [2.75, 3.05) is 4.90 Å². The number of rotatable bonds is 7. The van der Waals surface area contributed by atoms with Gasteiger partial charge < -0.3 is 9.32 Å². The molecular weight excluding hydrogens is 655 g/mol. The van der Waals surface area contributed by atoms with Crippen molar-refractivity contribution in [3.63, 3.8) is 0 Å². The number of hydrogen-bond donors (Lipinski definition) is 0. The van der Waals surface area contributed by atoms with Gasteiger partial charge in [-0.25, -0.2) is 0 Å². The van der Waals surface area contributed by atoms with Crippen molar-refractivity contribution in [1.82, 2.24) is 0 Å². The van der Waals surface area contributed by atoms with Crippen molar-refractivity contribution in [2.45, 2.75) is 26.2 Å². The monoisotopic (exact) mass is 695 g/mol. The molecule has 0 unspecified atom stereocenters. The van der Waals surface area contributed by atoms with Gasteiger partial charge in [-0.2, -0.15) is 0 Å². The van der Waals surface area contributed by atoms with E-state index < -0.39 is 0 Å². The average Bonchev–Trinajstić information content (AvgIpc) is 3.60. The van der Waals surface area contributed by atoms with Crippen molar-refractivity contribution in [1.29, 1.82) is 0 Å². The lowest BCUT2D eigenvalue weighted by Gasteiger charge is -2.28. The summed E-state index contributed by atoms with van der Waals surface area (Å²) in [6.45, 7) is 6.93. The summed E-state index contributed by atoms with van der Waals surface area (Å²) in [6.07, 6.45) is 0. The van der Waals surface area contributed by atoms with E-state index in [2.05, 4.69) is 208 Å². The third kappa shape index (κ3) is 6.27. The van der Waals surface area contributed by atoms with Crippen LogP contribution in [-0.2, 0) is 5.41 Å². The molecule has 1 heterocycles. The van der Waals surface area contributed by atoms with Gasteiger partial charge in [0.2, 0.25) is 0 Å². The van der Waals surface area contributed by atoms with Crippen LogP contribution in [-0.4, -0.2) is 0 Å². The van der Waals surface area contributed by atoms with Crippen molar-refractivity contribution >= 4 is 39.0 Å². The first-order valence-electron chi connectivity index (χ1n) is 18.7. The molecule has 2 heteroatoms. The maximum atomic E-state index is 6.22. The Morgan fingerprint density at radius 3 is 1.35 bits per heavy atom. The average molecular weight is 696 g/mol. The third-order valence-electron chi connectivity index (χ3n) is 10.4. The molecule has 8 aromatic carbocycles. The summed E-state index contributed by atoms with van der Waals surface area (Å²) in [6, 6.07) is 69.6. The minimum atomic E-state index is -0.0519. The van der Waals surface area contributed by atoms with Crippen LogP contribution in [0.3, 0.4) is 0 Å². The Hall–Kier alpha value is -6.64. The molecule has 0 bridgehead atoms. The van der Waals surface area contributed by atoms with E-state index in [9.17, 15) is 0 Å². The summed E-state index contributed by atoms with van der Waals surface area (Å²) < 4.78 is 6.22. The van der Waals surface area contributed by atoms with Gasteiger partial charge in [-0.3, -0.25) is 0 Å². The van der Waals surface area contributed by atoms with E-state index in [4.69, 9.17) is 4.42 Å². The molecule has 0 aliphatic carbocycles. The standard InChI is InChI=1S/C52H41NO/c1-52(2,3)51-45(39-15-8-5-9-16-39)18-12-19-46(51)40-25-32-44(33-26-40)53(42-28-21-37(22-29-42)36-13-6-4-7-14-36)43-30-23-38(24-31-43)41-27-34-48-47-17-10-11-20-49(47)54-50(48)35-41/h4-35H,1-3H3. The molecule has 2 nitrogen and oxygen atoms in total. The largest absolute Gasteiger partial charge is 0.456 e. The number of hydrogen-bond acceptors (Lipinski definition) is 2. The number of furan rings is 1. The fourth-order valence-corrected chi connectivity index (χ4v) is 7.84. The molecular formula is C52H41NO. The molecule has 0 radical (unpaired) electrons. The number of nitrogens with zero attached hydrogens (tertiary/aromatic N) is 1. The minimum absolute atomic E-state index is 0.0519. The molecule has 54 heavy (non-hydrogen) atoms. The second-order valence-corrected chi connectivity index (χ2v) is 15.0. The van der Waals surface area contributed by atoms with E-state index in [0.29, 0.717) is 0 Å². The fourth-order valence-electron chi connectivity index (χ4n) is 7.84. The van der Waals surface area contributed by atoms with Crippen molar-refractivity contribution in [2.24, 2.45) is 0 Å². The van der Waals surface area contributed by atoms with Crippen LogP contribution in [0.4, 0.5) is 17.1 Å². The van der Waals surface area contributed by atoms with Crippen LogP contribution in [0.15, 0.2) is 199 Å². The molecule has 0 fully saturated rings. The molecule has 0 aliphatic heterocycles. The maximum Gasteiger partial charge on any atom is 0.136 e. The van der Waals surface area contributed by atoms with Crippen LogP contribution in [0.25, 0.3) is 66.4 Å². The van der Waals surface area contributed by atoms with Gasteiger partial charge in [0, 0.05) is 27.8 Å². The predicted octanol–water partition coefficient (Wildman–Crippen LogP) is 15.0. The Morgan fingerprint density at radius 2 is 0.778 bits per heavy atom. The number of benzene rings is 8. The van der Waals surface area contributed by atoms with Crippen molar-refractivity contribution in [3.8, 4) is 44.5 Å². The molecule has 260 valence electrons. The highest BCUT2D eigenvalue weighted by molar-refractivity contribution is 6.05. The molecule has 0 amide bonds. The van der Waals surface area contributed by atoms with Gasteiger partial charge in [-0.15, -0.1) is 0 Å². The summed E-state index contributed by atoms with van der Waals surface area (Å²) in [7, 11) is 0. The number of para-hydroxylation sites is 1. The Balaban J connectivity index is 1.10. The quantitative estimate of drug-likeness (QED) is 0.165. The summed E-state index contributed by atoms with van der Waals surface area (Å²) in [5.41, 5.74) is 16.1. The summed E-state index contributed by atoms with van der Waals surface area (Å²) in [5.74, 6) is 0. The van der Waals surface area contributed by atoms with E-state index in [1.54, 1.807) is 0 Å². The molecule has 1 aromatic heterocycles. The number of anilines is 3. The first-order valence-corrected chi connectivity index (χ1v) is 18.7. The smallest absolute Gasteiger partial charge is 0.136 e. The van der Waals surface area contributed by atoms with Crippen LogP contribution in [0.5, 0.6) is 0 Å². The topological polar surface area (TPSA) is 16.4 Å². The summed E-state index contributed by atoms with van der Waals surface area (Å²) >= 11 is 0. The van der Waals surface area contributed by atoms with Gasteiger partial charge in [-0.1, -0.05) is 160 Å². The number of fused-ring (bicyclic) bond motifs is 3. The molecule has 0 atom stereocenters. The first kappa shape index (κ1) is 33.2. The zero-order valence-electron chi connectivity index (χ0n) is 30.8. The molecule has 0 saturated heterocycles. The minimum Gasteiger partial charge on any atom is -0.456 e. The fraction of sp³-hybridized carbons (Fsp3) is 0.0769. The molecule has 0 N–H and O–H groups in total. The van der Waals surface area contributed by atoms with Gasteiger partial charge >= 0.3 is 0 Å². The van der Waals surface area contributed by atoms with E-state index in [1.165, 1.54) is 38.9 Å². The van der Waals surface area contributed by atoms with Gasteiger partial charge in [0.25, 0.3) is 0 Å². The van der Waals surface area contributed by atoms with E-state index in [1.807, 2.05) is 12.1 Å². The van der Waals surface area contributed by atoms with E-state index >= 15 is 0 Å². The lowest BCUT2D eigenvalue weighted by atomic mass is 9.77. The molecule has 0 saturated carbocycles. The van der Waals surface area contributed by atoms with Crippen molar-refractivity contribution < 1.29 is 4.42 Å². The second-order valence-electron chi connectivity index (χ2n) is 15.0. The van der Waals surface area contributed by atoms with Gasteiger partial charge in [0.05, 0.1) is 0 Å². The Labute approximate surface area is 317 Å². The Bertz CT molecular complexity index is 2700. The Morgan fingerprint density at radius 1 is 0.352 bits per heavy atom. The molecule has 0 spiro atoms. The van der Waals surface area contributed by atoms with Crippen LogP contribution in [0.2, 0.25) is 0 Å². The van der Waals surface area contributed by atoms with Crippen LogP contribution in [0.1, 0.15) is 26.3 Å². The van der Waals surface area contributed by atoms with Gasteiger partial charge in [-0.05, 0) is 110 Å². The lowest BCUT2D eigenvalue weighted by Crippen LogP contribution is -2.14. The zero-order valence-corrected chi connectivity index (χ0v) is 30.8. The molecule has 9 rings (SSSR count). The highest BCUT2D eigenvalue weighted by Gasteiger charge is 2.24. The third-order valence-corrected chi connectivity index (χ3v) is 10.4. The van der Waals surface area contributed by atoms with Crippen LogP contribution in [0, 0.1) is 0 Å². The van der Waals surface area contributed by atoms with Crippen molar-refractivity contribution in [3.05, 3.63) is 200 Å². The van der Waals surface area contributed by atoms with Gasteiger partial charge in [0.15, 0.2) is 0 Å². The molecule has 9 aromatic rings. The first-order chi connectivity index (χ1) is 26.4. The lowest BCUT2D eigenvalue weighted by molar-refractivity contribution is 0.593. The van der Waals surface area contributed by atoms with E-state index in [-0.39, 0.29) is 5.41 Å². The Kier molecular flexibility index (Phi) is 8.44. The SMILES string of the molecule is CC(C)(C)c1c(-c2ccccc2)cccc1-c1ccc(N(c2ccc(-c3ccccc3)cc2)c2ccc(-c3ccc4c(c3)oc3ccccc34)cc2)cc1.